The second-order valence-corrected chi connectivity index (χ2v) is 12.8. The van der Waals surface area contributed by atoms with Crippen molar-refractivity contribution in [2.45, 2.75) is 98.4 Å². The molecule has 2 fully saturated rings. The monoisotopic (exact) mass is 551 g/mol. The lowest BCUT2D eigenvalue weighted by Gasteiger charge is -2.45. The molecule has 0 radical (unpaired) electrons. The van der Waals surface area contributed by atoms with E-state index in [2.05, 4.69) is 99.0 Å². The first kappa shape index (κ1) is 33.8. The molecule has 2 atom stereocenters. The van der Waals surface area contributed by atoms with E-state index in [1.807, 2.05) is 7.05 Å². The molecule has 2 aliphatic rings. The van der Waals surface area contributed by atoms with Crippen LogP contribution in [-0.2, 0) is 0 Å². The molecule has 1 aliphatic carbocycles. The highest BCUT2D eigenvalue weighted by Gasteiger charge is 2.38. The van der Waals surface area contributed by atoms with E-state index in [0.717, 1.165) is 68.5 Å². The Morgan fingerprint density at radius 3 is 2.33 bits per heavy atom. The lowest BCUT2D eigenvalue weighted by Crippen LogP contribution is -2.46. The average molecular weight is 552 g/mol. The molecule has 0 aromatic heterocycles. The predicted octanol–water partition coefficient (Wildman–Crippen LogP) is 7.77. The van der Waals surface area contributed by atoms with Gasteiger partial charge in [-0.3, -0.25) is 4.99 Å². The molecule has 1 saturated heterocycles. The zero-order valence-corrected chi connectivity index (χ0v) is 27.4. The highest BCUT2D eigenvalue weighted by atomic mass is 15.2. The number of nitrogens with one attached hydrogen (secondary N) is 1. The van der Waals surface area contributed by atoms with Crippen LogP contribution < -0.4 is 5.32 Å². The van der Waals surface area contributed by atoms with Gasteiger partial charge < -0.3 is 20.0 Å². The second kappa shape index (κ2) is 16.1. The van der Waals surface area contributed by atoms with Crippen LogP contribution in [0.1, 0.15) is 92.4 Å². The van der Waals surface area contributed by atoms with Gasteiger partial charge in [-0.1, -0.05) is 58.4 Å². The van der Waals surface area contributed by atoms with Crippen molar-refractivity contribution in [2.75, 3.05) is 47.3 Å². The number of hydrogen-bond donors (Lipinski definition) is 1. The minimum Gasteiger partial charge on any atom is -0.388 e. The summed E-state index contributed by atoms with van der Waals surface area (Å²) in [7, 11) is 6.32. The fourth-order valence-corrected chi connectivity index (χ4v) is 6.37. The van der Waals surface area contributed by atoms with Crippen molar-refractivity contribution in [1.29, 1.82) is 0 Å². The average Bonchev–Trinajstić information content (AvgIpc) is 3.37. The Hall–Kier alpha value is -2.43. The van der Waals surface area contributed by atoms with Crippen LogP contribution in [0.2, 0.25) is 0 Å². The summed E-state index contributed by atoms with van der Waals surface area (Å²) < 4.78 is 0. The van der Waals surface area contributed by atoms with Gasteiger partial charge in [0.15, 0.2) is 0 Å². The molecule has 1 saturated carbocycles. The number of likely N-dealkylation sites (tertiary alicyclic amines) is 1. The van der Waals surface area contributed by atoms with E-state index in [1.54, 1.807) is 0 Å². The zero-order valence-electron chi connectivity index (χ0n) is 27.4. The molecule has 0 aromatic carbocycles. The highest BCUT2D eigenvalue weighted by Crippen LogP contribution is 2.43. The molecular formula is C35H61N5. The van der Waals surface area contributed by atoms with Gasteiger partial charge in [-0.25, -0.2) is 0 Å². The second-order valence-electron chi connectivity index (χ2n) is 12.8. The summed E-state index contributed by atoms with van der Waals surface area (Å²) >= 11 is 0. The van der Waals surface area contributed by atoms with E-state index in [0.29, 0.717) is 0 Å². The minimum atomic E-state index is 0.0662. The Labute approximate surface area is 247 Å². The third-order valence-electron chi connectivity index (χ3n) is 9.20. The first-order valence-corrected chi connectivity index (χ1v) is 15.7. The van der Waals surface area contributed by atoms with Gasteiger partial charge in [0.2, 0.25) is 0 Å². The van der Waals surface area contributed by atoms with Crippen LogP contribution in [0.25, 0.3) is 0 Å². The summed E-state index contributed by atoms with van der Waals surface area (Å²) in [5.41, 5.74) is 7.29. The van der Waals surface area contributed by atoms with Crippen molar-refractivity contribution >= 4 is 5.71 Å². The number of hydrogen-bond acceptors (Lipinski definition) is 5. The van der Waals surface area contributed by atoms with Crippen molar-refractivity contribution in [2.24, 2.45) is 16.3 Å². The maximum Gasteiger partial charge on any atom is 0.0700 e. The highest BCUT2D eigenvalue weighted by molar-refractivity contribution is 5.99. The maximum atomic E-state index is 4.71. The molecule has 0 amide bonds. The lowest BCUT2D eigenvalue weighted by molar-refractivity contribution is 0.170. The van der Waals surface area contributed by atoms with Crippen LogP contribution in [-0.4, -0.2) is 73.8 Å². The predicted molar refractivity (Wildman–Crippen MR) is 177 cm³/mol. The van der Waals surface area contributed by atoms with Crippen molar-refractivity contribution in [3.8, 4) is 0 Å². The quantitative estimate of drug-likeness (QED) is 0.157. The van der Waals surface area contributed by atoms with E-state index in [-0.39, 0.29) is 11.5 Å². The first-order chi connectivity index (χ1) is 18.9. The third kappa shape index (κ3) is 9.59. The number of allylic oxidation sites excluding steroid dienone is 4. The first-order valence-electron chi connectivity index (χ1n) is 15.7. The number of aliphatic imine (C=N–C) groups is 1. The summed E-state index contributed by atoms with van der Waals surface area (Å²) in [5.74, 6) is 0.769. The summed E-state index contributed by atoms with van der Waals surface area (Å²) in [5, 5.41) is 3.76. The normalized spacial score (nSPS) is 20.1. The largest absolute Gasteiger partial charge is 0.388 e. The number of rotatable bonds is 16. The molecule has 5 heteroatoms. The molecule has 0 aromatic rings. The summed E-state index contributed by atoms with van der Waals surface area (Å²) in [6.45, 7) is 28.7. The smallest absolute Gasteiger partial charge is 0.0700 e. The molecule has 0 spiro atoms. The van der Waals surface area contributed by atoms with E-state index >= 15 is 0 Å². The van der Waals surface area contributed by atoms with Crippen molar-refractivity contribution in [3.63, 3.8) is 0 Å². The fraction of sp³-hybridized carbons (Fsp3) is 0.686. The molecule has 1 aliphatic heterocycles. The van der Waals surface area contributed by atoms with Crippen LogP contribution in [0.3, 0.4) is 0 Å². The molecule has 2 unspecified atom stereocenters. The maximum absolute atomic E-state index is 4.71. The van der Waals surface area contributed by atoms with Crippen molar-refractivity contribution < 1.29 is 0 Å². The molecular weight excluding hydrogens is 490 g/mol. The topological polar surface area (TPSA) is 34.1 Å². The Morgan fingerprint density at radius 2 is 1.77 bits per heavy atom. The van der Waals surface area contributed by atoms with E-state index in [1.165, 1.54) is 55.5 Å². The Bertz CT molecular complexity index is 945. The van der Waals surface area contributed by atoms with Crippen LogP contribution in [0.4, 0.5) is 0 Å². The molecule has 0 bridgehead atoms. The van der Waals surface area contributed by atoms with Gasteiger partial charge in [-0.15, -0.1) is 0 Å². The van der Waals surface area contributed by atoms with E-state index in [9.17, 15) is 0 Å². The molecule has 40 heavy (non-hydrogen) atoms. The van der Waals surface area contributed by atoms with Gasteiger partial charge in [0, 0.05) is 75.5 Å². The van der Waals surface area contributed by atoms with Gasteiger partial charge in [0.25, 0.3) is 0 Å². The molecule has 1 N–H and O–H groups in total. The molecule has 5 nitrogen and oxygen atoms in total. The van der Waals surface area contributed by atoms with Crippen LogP contribution >= 0.6 is 0 Å². The van der Waals surface area contributed by atoms with Gasteiger partial charge in [-0.05, 0) is 77.4 Å². The van der Waals surface area contributed by atoms with Crippen LogP contribution in [0.5, 0.6) is 0 Å². The Kier molecular flexibility index (Phi) is 13.6. The fourth-order valence-electron chi connectivity index (χ4n) is 6.37. The summed E-state index contributed by atoms with van der Waals surface area (Å²) in [4.78, 5) is 11.8. The van der Waals surface area contributed by atoms with E-state index in [4.69, 9.17) is 6.58 Å². The van der Waals surface area contributed by atoms with Gasteiger partial charge >= 0.3 is 0 Å². The molecule has 1 heterocycles. The summed E-state index contributed by atoms with van der Waals surface area (Å²) in [6, 6.07) is 0.242. The molecule has 2 rings (SSSR count). The van der Waals surface area contributed by atoms with Crippen LogP contribution in [0, 0.1) is 11.3 Å². The molecule has 226 valence electrons. The minimum absolute atomic E-state index is 0.0662. The van der Waals surface area contributed by atoms with E-state index < -0.39 is 0 Å². The number of nitrogens with zero attached hydrogens (tertiary/aromatic N) is 4. The third-order valence-corrected chi connectivity index (χ3v) is 9.20. The van der Waals surface area contributed by atoms with Gasteiger partial charge in [0.05, 0.1) is 11.8 Å². The summed E-state index contributed by atoms with van der Waals surface area (Å²) in [6.07, 6.45) is 15.0. The Balaban J connectivity index is 1.94. The van der Waals surface area contributed by atoms with Crippen molar-refractivity contribution in [1.82, 2.24) is 20.0 Å². The lowest BCUT2D eigenvalue weighted by atomic mass is 9.71. The SMILES string of the molecule is C=C(CCCN(C)/C(C)=C/C(=C)N1CCC(C)C1)NCC1(C(=C)N(C)C(CC)/C(C=C(C)C)=N/C)CCCCC1. The Morgan fingerprint density at radius 1 is 1.10 bits per heavy atom. The standard InChI is InChI=1S/C35H61N5/c1-12-34(33(36-9)23-27(2)3)39(11)32(8)35(19-14-13-15-20-35)26-37-29(5)17-16-21-38(10)30(6)24-31(7)40-22-18-28(4)25-40/h23-24,28,34,37H,5,7-8,12-22,25-26H2,1-4,6,9-11H3/b30-24+,36-33+. The van der Waals surface area contributed by atoms with Crippen LogP contribution in [0.15, 0.2) is 65.2 Å². The van der Waals surface area contributed by atoms with Gasteiger partial charge in [0.1, 0.15) is 0 Å². The van der Waals surface area contributed by atoms with Gasteiger partial charge in [-0.2, -0.15) is 0 Å². The van der Waals surface area contributed by atoms with Crippen molar-refractivity contribution in [3.05, 3.63) is 60.3 Å². The zero-order chi connectivity index (χ0) is 29.9.